The maximum Gasteiger partial charge on any atom is 0.309 e. The minimum absolute atomic E-state index is 0.178. The second-order valence-electron chi connectivity index (χ2n) is 3.91. The number of amides is 3. The van der Waals surface area contributed by atoms with Crippen LogP contribution in [0, 0.1) is 0 Å². The van der Waals surface area contributed by atoms with Gasteiger partial charge in [-0.15, -0.1) is 0 Å². The van der Waals surface area contributed by atoms with Crippen LogP contribution in [0.2, 0.25) is 0 Å². The third-order valence-corrected chi connectivity index (χ3v) is 2.29. The summed E-state index contributed by atoms with van der Waals surface area (Å²) in [5, 5.41) is 7.43. The molecule has 0 unspecified atom stereocenters. The van der Waals surface area contributed by atoms with Crippen molar-refractivity contribution in [1.82, 2.24) is 16.0 Å². The zero-order chi connectivity index (χ0) is 14.1. The Morgan fingerprint density at radius 1 is 0.895 bits per heavy atom. The molecule has 102 valence electrons. The van der Waals surface area contributed by atoms with Crippen molar-refractivity contribution in [1.29, 1.82) is 0 Å². The van der Waals surface area contributed by atoms with Crippen molar-refractivity contribution in [3.05, 3.63) is 35.9 Å². The first-order valence-electron chi connectivity index (χ1n) is 5.94. The zero-order valence-electron chi connectivity index (χ0n) is 10.7. The van der Waals surface area contributed by atoms with Gasteiger partial charge in [-0.3, -0.25) is 14.4 Å². The van der Waals surface area contributed by atoms with Crippen LogP contribution in [0.3, 0.4) is 0 Å². The van der Waals surface area contributed by atoms with Gasteiger partial charge in [0.25, 0.3) is 0 Å². The average Bonchev–Trinajstić information content (AvgIpc) is 2.41. The Kier molecular flexibility index (Phi) is 6.08. The lowest BCUT2D eigenvalue weighted by molar-refractivity contribution is -0.139. The average molecular weight is 263 g/mol. The normalized spacial score (nSPS) is 9.53. The molecular weight excluding hydrogens is 246 g/mol. The van der Waals surface area contributed by atoms with Crippen LogP contribution < -0.4 is 16.0 Å². The fourth-order valence-corrected chi connectivity index (χ4v) is 1.35. The standard InChI is InChI=1S/C13H17N3O3/c1-10(17)14-7-8-15-12(18)13(19)16-9-11-5-3-2-4-6-11/h2-6H,7-9H2,1H3,(H,14,17)(H,15,18)(H,16,19). The molecule has 1 rings (SSSR count). The lowest BCUT2D eigenvalue weighted by Crippen LogP contribution is -2.42. The van der Waals surface area contributed by atoms with Crippen LogP contribution >= 0.6 is 0 Å². The van der Waals surface area contributed by atoms with Gasteiger partial charge in [-0.2, -0.15) is 0 Å². The van der Waals surface area contributed by atoms with Gasteiger partial charge in [0, 0.05) is 26.6 Å². The van der Waals surface area contributed by atoms with E-state index >= 15 is 0 Å². The molecule has 0 saturated heterocycles. The van der Waals surface area contributed by atoms with Crippen LogP contribution in [0.5, 0.6) is 0 Å². The van der Waals surface area contributed by atoms with Gasteiger partial charge in [0.15, 0.2) is 0 Å². The predicted octanol–water partition coefficient (Wildman–Crippen LogP) is -0.445. The van der Waals surface area contributed by atoms with Crippen molar-refractivity contribution in [3.63, 3.8) is 0 Å². The van der Waals surface area contributed by atoms with Crippen LogP contribution in [-0.4, -0.2) is 30.8 Å². The molecule has 0 aliphatic rings. The molecule has 0 aliphatic heterocycles. The number of rotatable bonds is 5. The minimum atomic E-state index is -0.707. The van der Waals surface area contributed by atoms with Crippen molar-refractivity contribution in [3.8, 4) is 0 Å². The molecule has 0 aliphatic carbocycles. The highest BCUT2D eigenvalue weighted by Gasteiger charge is 2.11. The van der Waals surface area contributed by atoms with E-state index in [1.165, 1.54) is 6.92 Å². The summed E-state index contributed by atoms with van der Waals surface area (Å²) in [6, 6.07) is 9.30. The van der Waals surface area contributed by atoms with Gasteiger partial charge in [-0.25, -0.2) is 0 Å². The van der Waals surface area contributed by atoms with Gasteiger partial charge in [0.1, 0.15) is 0 Å². The molecule has 0 atom stereocenters. The van der Waals surface area contributed by atoms with Crippen molar-refractivity contribution in [2.24, 2.45) is 0 Å². The molecule has 6 nitrogen and oxygen atoms in total. The number of benzene rings is 1. The number of hydrogen-bond acceptors (Lipinski definition) is 3. The summed E-state index contributed by atoms with van der Waals surface area (Å²) >= 11 is 0. The Morgan fingerprint density at radius 2 is 1.47 bits per heavy atom. The molecule has 0 heterocycles. The van der Waals surface area contributed by atoms with Crippen LogP contribution in [-0.2, 0) is 20.9 Å². The van der Waals surface area contributed by atoms with Crippen LogP contribution in [0.15, 0.2) is 30.3 Å². The minimum Gasteiger partial charge on any atom is -0.355 e. The second-order valence-corrected chi connectivity index (χ2v) is 3.91. The third kappa shape index (κ3) is 6.21. The van der Waals surface area contributed by atoms with Gasteiger partial charge >= 0.3 is 11.8 Å². The maximum absolute atomic E-state index is 11.4. The summed E-state index contributed by atoms with van der Waals surface area (Å²) in [5.41, 5.74) is 0.918. The Labute approximate surface area is 111 Å². The topological polar surface area (TPSA) is 87.3 Å². The van der Waals surface area contributed by atoms with Crippen LogP contribution in [0.25, 0.3) is 0 Å². The highest BCUT2D eigenvalue weighted by molar-refractivity contribution is 6.35. The first-order valence-corrected chi connectivity index (χ1v) is 5.94. The number of nitrogens with one attached hydrogen (secondary N) is 3. The summed E-state index contributed by atoms with van der Waals surface area (Å²) in [7, 11) is 0. The Morgan fingerprint density at radius 3 is 2.11 bits per heavy atom. The molecule has 6 heteroatoms. The van der Waals surface area contributed by atoms with Crippen molar-refractivity contribution in [2.75, 3.05) is 13.1 Å². The lowest BCUT2D eigenvalue weighted by atomic mass is 10.2. The fraction of sp³-hybridized carbons (Fsp3) is 0.308. The first kappa shape index (κ1) is 14.7. The van der Waals surface area contributed by atoms with Crippen LogP contribution in [0.4, 0.5) is 0 Å². The molecule has 19 heavy (non-hydrogen) atoms. The zero-order valence-corrected chi connectivity index (χ0v) is 10.7. The molecule has 0 aromatic heterocycles. The molecule has 1 aromatic carbocycles. The van der Waals surface area contributed by atoms with Crippen LogP contribution in [0.1, 0.15) is 12.5 Å². The van der Waals surface area contributed by atoms with E-state index in [1.54, 1.807) is 0 Å². The van der Waals surface area contributed by atoms with E-state index in [1.807, 2.05) is 30.3 Å². The van der Waals surface area contributed by atoms with E-state index in [0.29, 0.717) is 13.1 Å². The van der Waals surface area contributed by atoms with E-state index in [0.717, 1.165) is 5.56 Å². The number of carbonyl (C=O) groups is 3. The first-order chi connectivity index (χ1) is 9.09. The van der Waals surface area contributed by atoms with Gasteiger partial charge in [0.05, 0.1) is 0 Å². The molecule has 3 amide bonds. The Hall–Kier alpha value is -2.37. The highest BCUT2D eigenvalue weighted by Crippen LogP contribution is 1.96. The second kappa shape index (κ2) is 7.86. The van der Waals surface area contributed by atoms with E-state index in [2.05, 4.69) is 16.0 Å². The molecule has 0 bridgehead atoms. The smallest absolute Gasteiger partial charge is 0.309 e. The molecule has 3 N–H and O–H groups in total. The third-order valence-electron chi connectivity index (χ3n) is 2.29. The summed E-state index contributed by atoms with van der Waals surface area (Å²) in [6.45, 7) is 2.21. The van der Waals surface area contributed by atoms with E-state index < -0.39 is 11.8 Å². The molecule has 1 aromatic rings. The van der Waals surface area contributed by atoms with E-state index in [-0.39, 0.29) is 12.5 Å². The quantitative estimate of drug-likeness (QED) is 0.497. The molecule has 0 saturated carbocycles. The summed E-state index contributed by atoms with van der Waals surface area (Å²) in [5.74, 6) is -1.57. The van der Waals surface area contributed by atoms with E-state index in [4.69, 9.17) is 0 Å². The molecule has 0 spiro atoms. The predicted molar refractivity (Wildman–Crippen MR) is 70.0 cm³/mol. The highest BCUT2D eigenvalue weighted by atomic mass is 16.2. The van der Waals surface area contributed by atoms with E-state index in [9.17, 15) is 14.4 Å². The fourth-order valence-electron chi connectivity index (χ4n) is 1.35. The molecular formula is C13H17N3O3. The summed E-state index contributed by atoms with van der Waals surface area (Å²) in [6.07, 6.45) is 0. The van der Waals surface area contributed by atoms with Gasteiger partial charge < -0.3 is 16.0 Å². The number of carbonyl (C=O) groups excluding carboxylic acids is 3. The molecule has 0 radical (unpaired) electrons. The summed E-state index contributed by atoms with van der Waals surface area (Å²) < 4.78 is 0. The maximum atomic E-state index is 11.4. The largest absolute Gasteiger partial charge is 0.355 e. The Balaban J connectivity index is 2.22. The number of hydrogen-bond donors (Lipinski definition) is 3. The van der Waals surface area contributed by atoms with Crippen molar-refractivity contribution < 1.29 is 14.4 Å². The monoisotopic (exact) mass is 263 g/mol. The van der Waals surface area contributed by atoms with Gasteiger partial charge in [0.2, 0.25) is 5.91 Å². The van der Waals surface area contributed by atoms with Crippen molar-refractivity contribution >= 4 is 17.7 Å². The van der Waals surface area contributed by atoms with Gasteiger partial charge in [-0.05, 0) is 5.56 Å². The van der Waals surface area contributed by atoms with Crippen molar-refractivity contribution in [2.45, 2.75) is 13.5 Å². The molecule has 0 fully saturated rings. The lowest BCUT2D eigenvalue weighted by Gasteiger charge is -2.06. The SMILES string of the molecule is CC(=O)NCCNC(=O)C(=O)NCc1ccccc1. The summed E-state index contributed by atoms with van der Waals surface area (Å²) in [4.78, 5) is 33.4. The van der Waals surface area contributed by atoms with Gasteiger partial charge in [-0.1, -0.05) is 30.3 Å². The Bertz CT molecular complexity index is 446.